The van der Waals surface area contributed by atoms with Crippen LogP contribution in [-0.4, -0.2) is 27.2 Å². The van der Waals surface area contributed by atoms with Crippen LogP contribution in [0.3, 0.4) is 0 Å². The maximum absolute atomic E-state index is 10.8. The molecule has 0 fully saturated rings. The lowest BCUT2D eigenvalue weighted by Crippen LogP contribution is -2.19. The van der Waals surface area contributed by atoms with Crippen LogP contribution < -0.4 is 5.32 Å². The van der Waals surface area contributed by atoms with Crippen molar-refractivity contribution in [3.63, 3.8) is 0 Å². The molecule has 17 heavy (non-hydrogen) atoms. The molecular formula is C11H13N3O3. The maximum atomic E-state index is 10.8. The smallest absolute Gasteiger partial charge is 0.372 e. The fourth-order valence-corrected chi connectivity index (χ4v) is 1.51. The average molecular weight is 235 g/mol. The minimum Gasteiger partial charge on any atom is -0.475 e. The van der Waals surface area contributed by atoms with Crippen LogP contribution in [0.5, 0.6) is 0 Å². The van der Waals surface area contributed by atoms with Crippen LogP contribution in [0.25, 0.3) is 0 Å². The van der Waals surface area contributed by atoms with Crippen LogP contribution in [0.4, 0.5) is 0 Å². The van der Waals surface area contributed by atoms with E-state index in [0.29, 0.717) is 12.1 Å². The normalized spacial score (nSPS) is 10.6. The molecule has 2 aromatic heterocycles. The zero-order valence-electron chi connectivity index (χ0n) is 9.17. The number of carboxylic acid groups (broad SMARTS) is 1. The molecule has 6 heteroatoms. The van der Waals surface area contributed by atoms with Crippen molar-refractivity contribution < 1.29 is 14.3 Å². The summed E-state index contributed by atoms with van der Waals surface area (Å²) < 4.78 is 6.82. The molecule has 0 aliphatic heterocycles. The minimum atomic E-state index is -1.04. The van der Waals surface area contributed by atoms with E-state index >= 15 is 0 Å². The number of rotatable bonds is 6. The Kier molecular flexibility index (Phi) is 3.56. The second kappa shape index (κ2) is 5.31. The summed E-state index contributed by atoms with van der Waals surface area (Å²) in [6, 6.07) is 1.66. The van der Waals surface area contributed by atoms with E-state index < -0.39 is 5.97 Å². The van der Waals surface area contributed by atoms with Gasteiger partial charge in [-0.1, -0.05) is 0 Å². The van der Waals surface area contributed by atoms with Crippen LogP contribution in [-0.2, 0) is 13.1 Å². The maximum Gasteiger partial charge on any atom is 0.372 e. The number of carboxylic acids is 1. The van der Waals surface area contributed by atoms with Crippen LogP contribution in [0, 0.1) is 0 Å². The highest BCUT2D eigenvalue weighted by Gasteiger charge is 2.12. The van der Waals surface area contributed by atoms with E-state index in [1.807, 2.05) is 10.8 Å². The Labute approximate surface area is 97.9 Å². The first kappa shape index (κ1) is 11.4. The molecule has 0 radical (unpaired) electrons. The molecule has 2 rings (SSSR count). The predicted molar refractivity (Wildman–Crippen MR) is 59.6 cm³/mol. The molecule has 0 bridgehead atoms. The predicted octanol–water partition coefficient (Wildman–Crippen LogP) is 0.964. The Morgan fingerprint density at radius 1 is 1.59 bits per heavy atom. The lowest BCUT2D eigenvalue weighted by atomic mass is 10.2. The first-order valence-electron chi connectivity index (χ1n) is 5.23. The molecule has 0 aliphatic rings. The van der Waals surface area contributed by atoms with Crippen LogP contribution >= 0.6 is 0 Å². The van der Waals surface area contributed by atoms with E-state index in [0.717, 1.165) is 13.1 Å². The fourth-order valence-electron chi connectivity index (χ4n) is 1.51. The molecule has 90 valence electrons. The van der Waals surface area contributed by atoms with Crippen molar-refractivity contribution in [2.24, 2.45) is 0 Å². The summed E-state index contributed by atoms with van der Waals surface area (Å²) in [4.78, 5) is 14.7. The number of hydrogen-bond acceptors (Lipinski definition) is 4. The van der Waals surface area contributed by atoms with Crippen molar-refractivity contribution in [1.29, 1.82) is 0 Å². The topological polar surface area (TPSA) is 80.3 Å². The van der Waals surface area contributed by atoms with Crippen LogP contribution in [0.2, 0.25) is 0 Å². The fraction of sp³-hybridized carbons (Fsp3) is 0.273. The molecule has 0 atom stereocenters. The zero-order valence-corrected chi connectivity index (χ0v) is 9.17. The number of imidazole rings is 1. The van der Waals surface area contributed by atoms with E-state index in [9.17, 15) is 4.79 Å². The number of aromatic carboxylic acids is 1. The monoisotopic (exact) mass is 235 g/mol. The summed E-state index contributed by atoms with van der Waals surface area (Å²) in [5.74, 6) is -1.04. The lowest BCUT2D eigenvalue weighted by Gasteiger charge is -2.04. The third-order valence-electron chi connectivity index (χ3n) is 2.36. The average Bonchev–Trinajstić information content (AvgIpc) is 2.95. The first-order valence-corrected chi connectivity index (χ1v) is 5.23. The van der Waals surface area contributed by atoms with Gasteiger partial charge >= 0.3 is 5.97 Å². The van der Waals surface area contributed by atoms with E-state index in [2.05, 4.69) is 10.3 Å². The van der Waals surface area contributed by atoms with Gasteiger partial charge in [0.05, 0.1) is 12.6 Å². The highest BCUT2D eigenvalue weighted by molar-refractivity contribution is 5.86. The van der Waals surface area contributed by atoms with Crippen LogP contribution in [0.1, 0.15) is 16.1 Å². The number of hydrogen-bond donors (Lipinski definition) is 2. The summed E-state index contributed by atoms with van der Waals surface area (Å²) in [6.07, 6.45) is 6.72. The quantitative estimate of drug-likeness (QED) is 0.729. The SMILES string of the molecule is O=C(O)c1occc1CNCCn1ccnc1. The Morgan fingerprint density at radius 2 is 2.47 bits per heavy atom. The highest BCUT2D eigenvalue weighted by atomic mass is 16.4. The van der Waals surface area contributed by atoms with Gasteiger partial charge in [-0.3, -0.25) is 0 Å². The number of aromatic nitrogens is 2. The van der Waals surface area contributed by atoms with Gasteiger partial charge in [-0.25, -0.2) is 9.78 Å². The second-order valence-corrected chi connectivity index (χ2v) is 3.56. The molecular weight excluding hydrogens is 222 g/mol. The Balaban J connectivity index is 1.78. The summed E-state index contributed by atoms with van der Waals surface area (Å²) in [6.45, 7) is 2.01. The lowest BCUT2D eigenvalue weighted by molar-refractivity contribution is 0.0660. The molecule has 0 amide bonds. The van der Waals surface area contributed by atoms with E-state index in [1.165, 1.54) is 6.26 Å². The number of carbonyl (C=O) groups is 1. The minimum absolute atomic E-state index is 0.000121. The Morgan fingerprint density at radius 3 is 3.18 bits per heavy atom. The van der Waals surface area contributed by atoms with Gasteiger partial charge < -0.3 is 19.4 Å². The van der Waals surface area contributed by atoms with E-state index in [4.69, 9.17) is 9.52 Å². The van der Waals surface area contributed by atoms with Gasteiger partial charge in [0.15, 0.2) is 0 Å². The van der Waals surface area contributed by atoms with Crippen molar-refractivity contribution in [3.05, 3.63) is 42.4 Å². The van der Waals surface area contributed by atoms with Gasteiger partial charge in [0.1, 0.15) is 0 Å². The number of nitrogens with zero attached hydrogens (tertiary/aromatic N) is 2. The third kappa shape index (κ3) is 2.94. The molecule has 0 saturated heterocycles. The molecule has 0 aliphatic carbocycles. The molecule has 2 aromatic rings. The molecule has 6 nitrogen and oxygen atoms in total. The highest BCUT2D eigenvalue weighted by Crippen LogP contribution is 2.09. The van der Waals surface area contributed by atoms with Gasteiger partial charge in [-0.15, -0.1) is 0 Å². The summed E-state index contributed by atoms with van der Waals surface area (Å²) in [7, 11) is 0. The second-order valence-electron chi connectivity index (χ2n) is 3.56. The van der Waals surface area contributed by atoms with E-state index in [-0.39, 0.29) is 5.76 Å². The number of nitrogens with one attached hydrogen (secondary N) is 1. The van der Waals surface area contributed by atoms with Gasteiger partial charge in [0.25, 0.3) is 0 Å². The van der Waals surface area contributed by atoms with Gasteiger partial charge in [0, 0.05) is 37.6 Å². The number of furan rings is 1. The Hall–Kier alpha value is -2.08. The van der Waals surface area contributed by atoms with Crippen molar-refractivity contribution in [2.45, 2.75) is 13.1 Å². The summed E-state index contributed by atoms with van der Waals surface area (Å²) in [5.41, 5.74) is 0.656. The van der Waals surface area contributed by atoms with Crippen molar-refractivity contribution in [1.82, 2.24) is 14.9 Å². The molecule has 0 saturated carbocycles. The van der Waals surface area contributed by atoms with Crippen molar-refractivity contribution in [3.8, 4) is 0 Å². The largest absolute Gasteiger partial charge is 0.475 e. The molecule has 2 N–H and O–H groups in total. The van der Waals surface area contributed by atoms with Crippen molar-refractivity contribution in [2.75, 3.05) is 6.54 Å². The Bertz CT molecular complexity index is 476. The molecule has 0 aromatic carbocycles. The standard InChI is InChI=1S/C11H13N3O3/c15-11(16)10-9(1-6-17-10)7-12-2-4-14-5-3-13-8-14/h1,3,5-6,8,12H,2,4,7H2,(H,15,16). The molecule has 0 unspecified atom stereocenters. The van der Waals surface area contributed by atoms with E-state index in [1.54, 1.807) is 18.6 Å². The summed E-state index contributed by atoms with van der Waals surface area (Å²) >= 11 is 0. The van der Waals surface area contributed by atoms with Gasteiger partial charge in [0.2, 0.25) is 5.76 Å². The molecule has 2 heterocycles. The first-order chi connectivity index (χ1) is 8.27. The summed E-state index contributed by atoms with van der Waals surface area (Å²) in [5, 5.41) is 12.0. The van der Waals surface area contributed by atoms with Gasteiger partial charge in [-0.05, 0) is 6.07 Å². The van der Waals surface area contributed by atoms with Gasteiger partial charge in [-0.2, -0.15) is 0 Å². The zero-order chi connectivity index (χ0) is 12.1. The van der Waals surface area contributed by atoms with Crippen molar-refractivity contribution >= 4 is 5.97 Å². The molecule has 0 spiro atoms. The van der Waals surface area contributed by atoms with Crippen LogP contribution in [0.15, 0.2) is 35.5 Å². The third-order valence-corrected chi connectivity index (χ3v) is 2.36.